The van der Waals surface area contributed by atoms with Crippen molar-refractivity contribution in [1.29, 1.82) is 0 Å². The summed E-state index contributed by atoms with van der Waals surface area (Å²) in [5.41, 5.74) is 2.94. The number of rotatable bonds is 10. The minimum absolute atomic E-state index is 0.884. The lowest BCUT2D eigenvalue weighted by Gasteiger charge is -2.28. The van der Waals surface area contributed by atoms with Gasteiger partial charge in [0.15, 0.2) is 0 Å². The Labute approximate surface area is 148 Å². The highest BCUT2D eigenvalue weighted by Gasteiger charge is 2.20. The molecule has 0 atom stereocenters. The number of hydrogen-bond donors (Lipinski definition) is 0. The molecular weight excluding hydrogens is 292 g/mol. The summed E-state index contributed by atoms with van der Waals surface area (Å²) < 4.78 is 0. The van der Waals surface area contributed by atoms with Crippen LogP contribution in [0.15, 0.2) is 36.4 Å². The third-order valence-electron chi connectivity index (χ3n) is 5.68. The summed E-state index contributed by atoms with van der Waals surface area (Å²) in [6.45, 7) is 2.21. The molecule has 2 rings (SSSR count). The topological polar surface area (TPSA) is 17.1 Å². The molecule has 0 heterocycles. The first-order valence-corrected chi connectivity index (χ1v) is 10.00. The van der Waals surface area contributed by atoms with Crippen LogP contribution in [0.2, 0.25) is 0 Å². The molecule has 1 nitrogen and oxygen atoms in total. The smallest absolute Gasteiger partial charge is 0.142 e. The minimum Gasteiger partial charge on any atom is -0.299 e. The van der Waals surface area contributed by atoms with E-state index in [1.165, 1.54) is 68.9 Å². The van der Waals surface area contributed by atoms with Gasteiger partial charge in [-0.2, -0.15) is 0 Å². The predicted molar refractivity (Wildman–Crippen MR) is 103 cm³/mol. The zero-order valence-electron chi connectivity index (χ0n) is 15.4. The van der Waals surface area contributed by atoms with Gasteiger partial charge in [-0.1, -0.05) is 75.8 Å². The maximum absolute atomic E-state index is 10.3. The Balaban J connectivity index is 1.54. The second-order valence-electron chi connectivity index (χ2n) is 7.44. The van der Waals surface area contributed by atoms with Gasteiger partial charge in [0.25, 0.3) is 0 Å². The van der Waals surface area contributed by atoms with Gasteiger partial charge < -0.3 is 0 Å². The normalized spacial score (nSPS) is 21.2. The fraction of sp³-hybridized carbons (Fsp3) is 0.609. The lowest BCUT2D eigenvalue weighted by atomic mass is 9.78. The maximum atomic E-state index is 10.3. The zero-order valence-corrected chi connectivity index (χ0v) is 15.4. The van der Waals surface area contributed by atoms with Gasteiger partial charge in [-0.15, -0.1) is 0 Å². The van der Waals surface area contributed by atoms with Gasteiger partial charge in [0.1, 0.15) is 6.29 Å². The van der Waals surface area contributed by atoms with Crippen molar-refractivity contribution in [2.45, 2.75) is 77.6 Å². The molecule has 1 aliphatic carbocycles. The molecule has 132 valence electrons. The molecule has 0 unspecified atom stereocenters. The summed E-state index contributed by atoms with van der Waals surface area (Å²) in [6, 6.07) is 9.17. The van der Waals surface area contributed by atoms with E-state index in [0.29, 0.717) is 0 Å². The molecule has 0 aromatic heterocycles. The molecule has 0 saturated heterocycles. The Hall–Kier alpha value is -1.37. The van der Waals surface area contributed by atoms with Crippen LogP contribution in [0, 0.1) is 11.8 Å². The Bertz CT molecular complexity index is 477. The van der Waals surface area contributed by atoms with E-state index in [9.17, 15) is 4.79 Å². The van der Waals surface area contributed by atoms with Crippen molar-refractivity contribution in [3.05, 3.63) is 47.5 Å². The molecule has 1 fully saturated rings. The van der Waals surface area contributed by atoms with Crippen molar-refractivity contribution in [3.63, 3.8) is 0 Å². The third kappa shape index (κ3) is 7.03. The first-order chi connectivity index (χ1) is 11.8. The summed E-state index contributed by atoms with van der Waals surface area (Å²) in [6.07, 6.45) is 19.0. The molecule has 0 spiro atoms. The van der Waals surface area contributed by atoms with Gasteiger partial charge in [0, 0.05) is 0 Å². The zero-order chi connectivity index (χ0) is 17.0. The minimum atomic E-state index is 0.884. The monoisotopic (exact) mass is 326 g/mol. The van der Waals surface area contributed by atoms with E-state index >= 15 is 0 Å². The average molecular weight is 327 g/mol. The van der Waals surface area contributed by atoms with E-state index in [1.807, 2.05) is 6.08 Å². The fourth-order valence-corrected chi connectivity index (χ4v) is 4.00. The number of unbranched alkanes of at least 4 members (excludes halogenated alkanes) is 1. The van der Waals surface area contributed by atoms with Gasteiger partial charge in [-0.05, 0) is 61.1 Å². The van der Waals surface area contributed by atoms with Gasteiger partial charge in [0.2, 0.25) is 0 Å². The molecule has 0 amide bonds. The molecule has 0 N–H and O–H groups in total. The highest BCUT2D eigenvalue weighted by atomic mass is 16.1. The summed E-state index contributed by atoms with van der Waals surface area (Å²) in [5.74, 6) is 1.86. The van der Waals surface area contributed by atoms with Crippen LogP contribution in [-0.2, 0) is 17.6 Å². The first-order valence-electron chi connectivity index (χ1n) is 10.00. The van der Waals surface area contributed by atoms with Gasteiger partial charge >= 0.3 is 0 Å². The molecule has 1 aliphatic rings. The number of carbonyl (C=O) groups is 1. The molecule has 0 aliphatic heterocycles. The van der Waals surface area contributed by atoms with E-state index in [-0.39, 0.29) is 0 Å². The Morgan fingerprint density at radius 3 is 2.17 bits per heavy atom. The standard InChI is InChI=1S/C23H34O/c1-2-20-11-13-22(14-12-20)9-5-6-10-23-17-15-21(16-18-23)8-4-3-7-19-24/h3,7,11-14,19,21,23H,2,4-6,8-10,15-18H2,1H3/b7-3+. The quantitative estimate of drug-likeness (QED) is 0.280. The third-order valence-corrected chi connectivity index (χ3v) is 5.68. The Morgan fingerprint density at radius 2 is 1.54 bits per heavy atom. The lowest BCUT2D eigenvalue weighted by Crippen LogP contribution is -2.14. The van der Waals surface area contributed by atoms with Gasteiger partial charge in [-0.3, -0.25) is 4.79 Å². The Kier molecular flexibility index (Phi) is 8.87. The maximum Gasteiger partial charge on any atom is 0.142 e. The van der Waals surface area contributed by atoms with Crippen molar-refractivity contribution in [3.8, 4) is 0 Å². The summed E-state index contributed by atoms with van der Waals surface area (Å²) >= 11 is 0. The van der Waals surface area contributed by atoms with Crippen LogP contribution in [0.3, 0.4) is 0 Å². The second-order valence-corrected chi connectivity index (χ2v) is 7.44. The van der Waals surface area contributed by atoms with Crippen molar-refractivity contribution in [2.75, 3.05) is 0 Å². The summed E-state index contributed by atoms with van der Waals surface area (Å²) in [4.78, 5) is 10.3. The number of allylic oxidation sites excluding steroid dienone is 2. The molecule has 1 saturated carbocycles. The number of hydrogen-bond acceptors (Lipinski definition) is 1. The largest absolute Gasteiger partial charge is 0.299 e. The van der Waals surface area contributed by atoms with Gasteiger partial charge in [-0.25, -0.2) is 0 Å². The van der Waals surface area contributed by atoms with E-state index in [2.05, 4.69) is 31.2 Å². The van der Waals surface area contributed by atoms with Crippen molar-refractivity contribution in [2.24, 2.45) is 11.8 Å². The molecule has 1 aromatic carbocycles. The molecular formula is C23H34O. The van der Waals surface area contributed by atoms with Crippen LogP contribution >= 0.6 is 0 Å². The average Bonchev–Trinajstić information content (AvgIpc) is 2.64. The van der Waals surface area contributed by atoms with Crippen molar-refractivity contribution >= 4 is 6.29 Å². The van der Waals surface area contributed by atoms with E-state index in [4.69, 9.17) is 0 Å². The van der Waals surface area contributed by atoms with Crippen LogP contribution in [0.4, 0.5) is 0 Å². The molecule has 24 heavy (non-hydrogen) atoms. The van der Waals surface area contributed by atoms with Crippen LogP contribution in [0.5, 0.6) is 0 Å². The fourth-order valence-electron chi connectivity index (χ4n) is 4.00. The summed E-state index contributed by atoms with van der Waals surface area (Å²) in [7, 11) is 0. The SMILES string of the molecule is CCc1ccc(CCCCC2CCC(CC/C=C/C=O)CC2)cc1. The van der Waals surface area contributed by atoms with Crippen LogP contribution < -0.4 is 0 Å². The number of benzene rings is 1. The predicted octanol–water partition coefficient (Wildman–Crippen LogP) is 6.30. The van der Waals surface area contributed by atoms with Crippen LogP contribution in [0.1, 0.15) is 75.8 Å². The summed E-state index contributed by atoms with van der Waals surface area (Å²) in [5, 5.41) is 0. The number of carbonyl (C=O) groups excluding carboxylic acids is 1. The first kappa shape index (κ1) is 19.0. The van der Waals surface area contributed by atoms with E-state index in [1.54, 1.807) is 6.08 Å². The highest BCUT2D eigenvalue weighted by Crippen LogP contribution is 2.34. The molecule has 1 aromatic rings. The van der Waals surface area contributed by atoms with E-state index < -0.39 is 0 Å². The molecule has 0 radical (unpaired) electrons. The second kappa shape index (κ2) is 11.2. The van der Waals surface area contributed by atoms with Crippen molar-refractivity contribution in [1.82, 2.24) is 0 Å². The number of aryl methyl sites for hydroxylation is 2. The Morgan fingerprint density at radius 1 is 0.917 bits per heavy atom. The molecule has 0 bridgehead atoms. The molecule has 1 heteroatoms. The van der Waals surface area contributed by atoms with E-state index in [0.717, 1.165) is 31.0 Å². The van der Waals surface area contributed by atoms with Gasteiger partial charge in [0.05, 0.1) is 0 Å². The van der Waals surface area contributed by atoms with Crippen LogP contribution in [0.25, 0.3) is 0 Å². The number of aldehydes is 1. The van der Waals surface area contributed by atoms with Crippen LogP contribution in [-0.4, -0.2) is 6.29 Å². The highest BCUT2D eigenvalue weighted by molar-refractivity contribution is 5.64. The lowest BCUT2D eigenvalue weighted by molar-refractivity contribution is -0.104. The van der Waals surface area contributed by atoms with Crippen molar-refractivity contribution < 1.29 is 4.79 Å².